The highest BCUT2D eigenvalue weighted by Gasteiger charge is 2.40. The fraction of sp³-hybridized carbons (Fsp3) is 0.571. The molecule has 1 aliphatic heterocycles. The lowest BCUT2D eigenvalue weighted by atomic mass is 9.62. The van der Waals surface area contributed by atoms with Gasteiger partial charge in [-0.1, -0.05) is 30.7 Å². The molecule has 1 heterocycles. The van der Waals surface area contributed by atoms with Gasteiger partial charge in [0.25, 0.3) is 0 Å². The van der Waals surface area contributed by atoms with E-state index < -0.39 is 0 Å². The lowest BCUT2D eigenvalue weighted by Gasteiger charge is -2.44. The van der Waals surface area contributed by atoms with E-state index in [1.807, 2.05) is 0 Å². The van der Waals surface area contributed by atoms with Crippen LogP contribution in [-0.4, -0.2) is 18.1 Å². The number of hydrogen-bond donors (Lipinski definition) is 1. The fourth-order valence-electron chi connectivity index (χ4n) is 2.94. The molecular formula is C14H19NS. The fourth-order valence-corrected chi connectivity index (χ4v) is 3.77. The highest BCUT2D eigenvalue weighted by Crippen LogP contribution is 2.47. The summed E-state index contributed by atoms with van der Waals surface area (Å²) in [6.07, 6.45) is 3.94. The first-order valence-electron chi connectivity index (χ1n) is 6.23. The predicted octanol–water partition coefficient (Wildman–Crippen LogP) is 2.90. The number of benzene rings is 1. The van der Waals surface area contributed by atoms with Crippen LogP contribution in [0.3, 0.4) is 0 Å². The Morgan fingerprint density at radius 3 is 2.50 bits per heavy atom. The average molecular weight is 233 g/mol. The molecule has 0 aromatic heterocycles. The second kappa shape index (κ2) is 4.08. The molecule has 1 saturated carbocycles. The van der Waals surface area contributed by atoms with Gasteiger partial charge >= 0.3 is 0 Å². The van der Waals surface area contributed by atoms with Gasteiger partial charge in [0, 0.05) is 29.4 Å². The van der Waals surface area contributed by atoms with Crippen molar-refractivity contribution >= 4 is 11.8 Å². The van der Waals surface area contributed by atoms with Gasteiger partial charge in [-0.3, -0.25) is 0 Å². The second-order valence-corrected chi connectivity index (χ2v) is 6.23. The molecule has 86 valence electrons. The number of hydrogen-bond acceptors (Lipinski definition) is 2. The monoisotopic (exact) mass is 233 g/mol. The molecule has 0 atom stereocenters. The van der Waals surface area contributed by atoms with E-state index in [9.17, 15) is 0 Å². The Balaban J connectivity index is 1.98. The van der Waals surface area contributed by atoms with Crippen LogP contribution in [0.4, 0.5) is 0 Å². The van der Waals surface area contributed by atoms with E-state index in [1.54, 1.807) is 11.1 Å². The maximum atomic E-state index is 6.02. The average Bonchev–Trinajstić information content (AvgIpc) is 2.17. The Morgan fingerprint density at radius 2 is 2.00 bits per heavy atom. The summed E-state index contributed by atoms with van der Waals surface area (Å²) >= 11 is 2.06. The van der Waals surface area contributed by atoms with Crippen LogP contribution in [0, 0.1) is 0 Å². The van der Waals surface area contributed by atoms with Gasteiger partial charge in [-0.2, -0.15) is 11.8 Å². The molecule has 1 aromatic carbocycles. The summed E-state index contributed by atoms with van der Waals surface area (Å²) in [6.45, 7) is 0.823. The van der Waals surface area contributed by atoms with Crippen molar-refractivity contribution in [2.45, 2.75) is 30.6 Å². The van der Waals surface area contributed by atoms with Gasteiger partial charge in [-0.15, -0.1) is 0 Å². The quantitative estimate of drug-likeness (QED) is 0.868. The van der Waals surface area contributed by atoms with Crippen molar-refractivity contribution in [3.8, 4) is 0 Å². The Hall–Kier alpha value is -0.470. The predicted molar refractivity (Wildman–Crippen MR) is 71.1 cm³/mol. The molecule has 2 N–H and O–H groups in total. The molecule has 1 nitrogen and oxygen atoms in total. The van der Waals surface area contributed by atoms with Gasteiger partial charge < -0.3 is 5.73 Å². The molecule has 0 spiro atoms. The van der Waals surface area contributed by atoms with E-state index in [-0.39, 0.29) is 0 Å². The number of nitrogens with two attached hydrogens (primary N) is 1. The van der Waals surface area contributed by atoms with Crippen LogP contribution < -0.4 is 5.73 Å². The molecule has 1 aliphatic carbocycles. The smallest absolute Gasteiger partial charge is 0.00784 e. The van der Waals surface area contributed by atoms with Gasteiger partial charge in [-0.05, 0) is 24.0 Å². The lowest BCUT2D eigenvalue weighted by Crippen LogP contribution is -2.42. The van der Waals surface area contributed by atoms with Crippen molar-refractivity contribution in [1.82, 2.24) is 0 Å². The van der Waals surface area contributed by atoms with Gasteiger partial charge in [0.2, 0.25) is 0 Å². The van der Waals surface area contributed by atoms with Crippen LogP contribution in [0.15, 0.2) is 24.3 Å². The summed E-state index contributed by atoms with van der Waals surface area (Å²) in [6, 6.07) is 9.02. The van der Waals surface area contributed by atoms with Crippen LogP contribution in [0.2, 0.25) is 0 Å². The van der Waals surface area contributed by atoms with E-state index in [4.69, 9.17) is 5.73 Å². The summed E-state index contributed by atoms with van der Waals surface area (Å²) in [7, 11) is 0. The third kappa shape index (κ3) is 1.51. The molecule has 1 saturated heterocycles. The maximum Gasteiger partial charge on any atom is 0.00784 e. The molecule has 0 bridgehead atoms. The van der Waals surface area contributed by atoms with Crippen LogP contribution in [0.5, 0.6) is 0 Å². The molecule has 0 amide bonds. The molecule has 16 heavy (non-hydrogen) atoms. The summed E-state index contributed by atoms with van der Waals surface area (Å²) in [5.41, 5.74) is 9.51. The molecule has 2 aliphatic rings. The Bertz CT molecular complexity index is 375. The normalized spacial score (nSPS) is 23.6. The molecule has 0 unspecified atom stereocenters. The Labute approximate surface area is 102 Å². The summed E-state index contributed by atoms with van der Waals surface area (Å²) < 4.78 is 0. The van der Waals surface area contributed by atoms with Crippen LogP contribution in [0.25, 0.3) is 0 Å². The first-order valence-corrected chi connectivity index (χ1v) is 7.38. The van der Waals surface area contributed by atoms with E-state index >= 15 is 0 Å². The summed E-state index contributed by atoms with van der Waals surface area (Å²) in [4.78, 5) is 0. The number of thioether (sulfide) groups is 1. The molecule has 3 rings (SSSR count). The SMILES string of the molecule is NCC1(c2ccccc2C2CSC2)CCC1. The van der Waals surface area contributed by atoms with Crippen molar-refractivity contribution in [1.29, 1.82) is 0 Å². The van der Waals surface area contributed by atoms with E-state index in [0.29, 0.717) is 5.41 Å². The van der Waals surface area contributed by atoms with Crippen LogP contribution in [-0.2, 0) is 5.41 Å². The zero-order valence-corrected chi connectivity index (χ0v) is 10.4. The van der Waals surface area contributed by atoms with Crippen LogP contribution >= 0.6 is 11.8 Å². The topological polar surface area (TPSA) is 26.0 Å². The molecule has 2 fully saturated rings. The zero-order chi connectivity index (χ0) is 11.0. The Kier molecular flexibility index (Phi) is 2.72. The highest BCUT2D eigenvalue weighted by molar-refractivity contribution is 8.00. The zero-order valence-electron chi connectivity index (χ0n) is 9.61. The van der Waals surface area contributed by atoms with Crippen molar-refractivity contribution in [3.63, 3.8) is 0 Å². The standard InChI is InChI=1S/C14H19NS/c15-10-14(6-3-7-14)13-5-2-1-4-12(13)11-8-16-9-11/h1-2,4-5,11H,3,6-10,15H2. The van der Waals surface area contributed by atoms with Gasteiger partial charge in [0.15, 0.2) is 0 Å². The second-order valence-electron chi connectivity index (χ2n) is 5.16. The third-order valence-corrected chi connectivity index (χ3v) is 5.59. The van der Waals surface area contributed by atoms with Gasteiger partial charge in [-0.25, -0.2) is 0 Å². The lowest BCUT2D eigenvalue weighted by molar-refractivity contribution is 0.250. The van der Waals surface area contributed by atoms with Gasteiger partial charge in [0.05, 0.1) is 0 Å². The molecule has 1 aromatic rings. The largest absolute Gasteiger partial charge is 0.330 e. The van der Waals surface area contributed by atoms with Crippen molar-refractivity contribution in [2.75, 3.05) is 18.1 Å². The van der Waals surface area contributed by atoms with Gasteiger partial charge in [0.1, 0.15) is 0 Å². The minimum Gasteiger partial charge on any atom is -0.330 e. The third-order valence-electron chi connectivity index (χ3n) is 4.31. The molecule has 0 radical (unpaired) electrons. The molecular weight excluding hydrogens is 214 g/mol. The summed E-state index contributed by atoms with van der Waals surface area (Å²) in [5, 5.41) is 0. The Morgan fingerprint density at radius 1 is 1.25 bits per heavy atom. The van der Waals surface area contributed by atoms with E-state index in [1.165, 1.54) is 30.8 Å². The van der Waals surface area contributed by atoms with E-state index in [0.717, 1.165) is 12.5 Å². The highest BCUT2D eigenvalue weighted by atomic mass is 32.2. The van der Waals surface area contributed by atoms with E-state index in [2.05, 4.69) is 36.0 Å². The minimum absolute atomic E-state index is 0.330. The van der Waals surface area contributed by atoms with Crippen LogP contribution in [0.1, 0.15) is 36.3 Å². The maximum absolute atomic E-state index is 6.02. The van der Waals surface area contributed by atoms with Crippen molar-refractivity contribution in [2.24, 2.45) is 5.73 Å². The molecule has 2 heteroatoms. The summed E-state index contributed by atoms with van der Waals surface area (Å²) in [5.74, 6) is 3.40. The minimum atomic E-state index is 0.330. The van der Waals surface area contributed by atoms with Crippen molar-refractivity contribution < 1.29 is 0 Å². The number of rotatable bonds is 3. The first kappa shape index (κ1) is 10.7. The first-order chi connectivity index (χ1) is 7.86. The van der Waals surface area contributed by atoms with Crippen molar-refractivity contribution in [3.05, 3.63) is 35.4 Å².